The van der Waals surface area contributed by atoms with E-state index in [4.69, 9.17) is 10.5 Å². The highest BCUT2D eigenvalue weighted by Gasteiger charge is 2.24. The second kappa shape index (κ2) is 7.24. The molecule has 0 bridgehead atoms. The average molecular weight is 244 g/mol. The van der Waals surface area contributed by atoms with Crippen LogP contribution in [-0.4, -0.2) is 43.8 Å². The highest BCUT2D eigenvalue weighted by Crippen LogP contribution is 2.11. The predicted octanol–water partition coefficient (Wildman–Crippen LogP) is -0.438. The van der Waals surface area contributed by atoms with Gasteiger partial charge in [0.05, 0.1) is 12.7 Å². The van der Waals surface area contributed by atoms with Gasteiger partial charge in [0.15, 0.2) is 6.04 Å². The van der Waals surface area contributed by atoms with Crippen molar-refractivity contribution in [2.24, 2.45) is 5.73 Å². The van der Waals surface area contributed by atoms with Crippen LogP contribution in [-0.2, 0) is 19.1 Å². The molecule has 0 aromatic rings. The molecule has 1 aliphatic rings. The Balaban J connectivity index is 2.25. The Kier molecular flexibility index (Phi) is 5.93. The minimum Gasteiger partial charge on any atom is -0.464 e. The van der Waals surface area contributed by atoms with Gasteiger partial charge in [0.1, 0.15) is 0 Å². The van der Waals surface area contributed by atoms with Crippen LogP contribution in [0.5, 0.6) is 0 Å². The van der Waals surface area contributed by atoms with Crippen molar-refractivity contribution in [3.05, 3.63) is 0 Å². The largest absolute Gasteiger partial charge is 0.464 e. The van der Waals surface area contributed by atoms with Crippen molar-refractivity contribution in [3.8, 4) is 0 Å². The fourth-order valence-corrected chi connectivity index (χ4v) is 1.63. The number of hydrogen-bond donors (Lipinski definition) is 2. The molecule has 0 aliphatic carbocycles. The van der Waals surface area contributed by atoms with Gasteiger partial charge in [0, 0.05) is 13.2 Å². The molecule has 2 unspecified atom stereocenters. The van der Waals surface area contributed by atoms with E-state index in [1.54, 1.807) is 6.92 Å². The van der Waals surface area contributed by atoms with Crippen molar-refractivity contribution >= 4 is 11.9 Å². The highest BCUT2D eigenvalue weighted by molar-refractivity contribution is 6.01. The minimum atomic E-state index is -1.25. The molecule has 0 spiro atoms. The van der Waals surface area contributed by atoms with Gasteiger partial charge in [-0.05, 0) is 26.2 Å². The molecule has 1 heterocycles. The number of carbonyl (C=O) groups is 2. The van der Waals surface area contributed by atoms with Crippen molar-refractivity contribution in [2.75, 3.05) is 19.8 Å². The van der Waals surface area contributed by atoms with Crippen LogP contribution in [0.3, 0.4) is 0 Å². The first-order valence-corrected chi connectivity index (χ1v) is 5.96. The second-order valence-electron chi connectivity index (χ2n) is 3.96. The molecule has 98 valence electrons. The summed E-state index contributed by atoms with van der Waals surface area (Å²) in [6, 6.07) is -1.25. The molecule has 1 saturated heterocycles. The first-order chi connectivity index (χ1) is 8.15. The third-order valence-electron chi connectivity index (χ3n) is 2.60. The molecule has 1 aliphatic heterocycles. The van der Waals surface area contributed by atoms with Crippen LogP contribution in [0.2, 0.25) is 0 Å². The van der Waals surface area contributed by atoms with Gasteiger partial charge in [-0.3, -0.25) is 4.79 Å². The van der Waals surface area contributed by atoms with Crippen LogP contribution in [0.25, 0.3) is 0 Å². The lowest BCUT2D eigenvalue weighted by Gasteiger charge is -2.23. The molecule has 6 nitrogen and oxygen atoms in total. The number of nitrogens with two attached hydrogens (primary N) is 1. The van der Waals surface area contributed by atoms with E-state index in [1.165, 1.54) is 0 Å². The first kappa shape index (κ1) is 13.9. The molecule has 0 aromatic carbocycles. The summed E-state index contributed by atoms with van der Waals surface area (Å²) >= 11 is 0. The molecule has 2 atom stereocenters. The summed E-state index contributed by atoms with van der Waals surface area (Å²) in [5.74, 6) is -1.22. The molecular weight excluding hydrogens is 224 g/mol. The van der Waals surface area contributed by atoms with E-state index in [2.05, 4.69) is 10.1 Å². The quantitative estimate of drug-likeness (QED) is 0.505. The normalized spacial score (nSPS) is 21.6. The van der Waals surface area contributed by atoms with Gasteiger partial charge in [0.2, 0.25) is 5.91 Å². The zero-order chi connectivity index (χ0) is 12.7. The average Bonchev–Trinajstić information content (AvgIpc) is 2.36. The SMILES string of the molecule is CCOC(=O)C(N)C(=O)NCC1CCCCO1. The topological polar surface area (TPSA) is 90.7 Å². The van der Waals surface area contributed by atoms with Crippen molar-refractivity contribution in [2.45, 2.75) is 38.3 Å². The lowest BCUT2D eigenvalue weighted by molar-refractivity contribution is -0.148. The molecule has 3 N–H and O–H groups in total. The van der Waals surface area contributed by atoms with E-state index in [1.807, 2.05) is 0 Å². The van der Waals surface area contributed by atoms with E-state index in [0.717, 1.165) is 25.9 Å². The standard InChI is InChI=1S/C11H20N2O4/c1-2-16-11(15)9(12)10(14)13-7-8-5-3-4-6-17-8/h8-9H,2-7,12H2,1H3,(H,13,14). The maximum Gasteiger partial charge on any atom is 0.332 e. The minimum absolute atomic E-state index is 0.0297. The van der Waals surface area contributed by atoms with Gasteiger partial charge in [-0.25, -0.2) is 4.79 Å². The zero-order valence-corrected chi connectivity index (χ0v) is 10.1. The van der Waals surface area contributed by atoms with E-state index in [0.29, 0.717) is 6.54 Å². The Morgan fingerprint density at radius 1 is 1.53 bits per heavy atom. The maximum atomic E-state index is 11.5. The zero-order valence-electron chi connectivity index (χ0n) is 10.1. The van der Waals surface area contributed by atoms with Crippen LogP contribution >= 0.6 is 0 Å². The number of nitrogens with one attached hydrogen (secondary N) is 1. The van der Waals surface area contributed by atoms with Gasteiger partial charge in [-0.2, -0.15) is 0 Å². The molecule has 17 heavy (non-hydrogen) atoms. The molecule has 1 amide bonds. The van der Waals surface area contributed by atoms with Crippen molar-refractivity contribution in [1.29, 1.82) is 0 Å². The van der Waals surface area contributed by atoms with Gasteiger partial charge in [-0.1, -0.05) is 0 Å². The Morgan fingerprint density at radius 3 is 2.88 bits per heavy atom. The predicted molar refractivity (Wildman–Crippen MR) is 61.2 cm³/mol. The summed E-state index contributed by atoms with van der Waals surface area (Å²) in [4.78, 5) is 22.7. The maximum absolute atomic E-state index is 11.5. The van der Waals surface area contributed by atoms with Crippen LogP contribution < -0.4 is 11.1 Å². The molecule has 6 heteroatoms. The Morgan fingerprint density at radius 2 is 2.29 bits per heavy atom. The lowest BCUT2D eigenvalue weighted by atomic mass is 10.1. The smallest absolute Gasteiger partial charge is 0.332 e. The fraction of sp³-hybridized carbons (Fsp3) is 0.818. The number of carbonyl (C=O) groups excluding carboxylic acids is 2. The Bertz CT molecular complexity index is 264. The highest BCUT2D eigenvalue weighted by atomic mass is 16.5. The van der Waals surface area contributed by atoms with E-state index in [-0.39, 0.29) is 12.7 Å². The number of esters is 1. The van der Waals surface area contributed by atoms with Crippen LogP contribution in [0, 0.1) is 0 Å². The van der Waals surface area contributed by atoms with Crippen molar-refractivity contribution in [3.63, 3.8) is 0 Å². The number of amides is 1. The van der Waals surface area contributed by atoms with Gasteiger partial charge in [0.25, 0.3) is 0 Å². The summed E-state index contributed by atoms with van der Waals surface area (Å²) in [5.41, 5.74) is 5.44. The summed E-state index contributed by atoms with van der Waals surface area (Å²) < 4.78 is 10.1. The number of hydrogen-bond acceptors (Lipinski definition) is 5. The molecule has 0 saturated carbocycles. The summed E-state index contributed by atoms with van der Waals surface area (Å²) in [7, 11) is 0. The first-order valence-electron chi connectivity index (χ1n) is 5.96. The molecule has 0 aromatic heterocycles. The van der Waals surface area contributed by atoms with Crippen LogP contribution in [0.15, 0.2) is 0 Å². The van der Waals surface area contributed by atoms with E-state index in [9.17, 15) is 9.59 Å². The fourth-order valence-electron chi connectivity index (χ4n) is 1.63. The van der Waals surface area contributed by atoms with Crippen molar-refractivity contribution < 1.29 is 19.1 Å². The Labute approximate surface area is 101 Å². The monoisotopic (exact) mass is 244 g/mol. The number of ether oxygens (including phenoxy) is 2. The van der Waals surface area contributed by atoms with Crippen molar-refractivity contribution in [1.82, 2.24) is 5.32 Å². The second-order valence-corrected chi connectivity index (χ2v) is 3.96. The Hall–Kier alpha value is -1.14. The van der Waals surface area contributed by atoms with Gasteiger partial charge >= 0.3 is 5.97 Å². The number of rotatable bonds is 5. The summed E-state index contributed by atoms with van der Waals surface area (Å²) in [5, 5.41) is 2.60. The van der Waals surface area contributed by atoms with Crippen LogP contribution in [0.4, 0.5) is 0 Å². The molecule has 1 rings (SSSR count). The summed E-state index contributed by atoms with van der Waals surface area (Å²) in [6.07, 6.45) is 3.12. The molecule has 1 fully saturated rings. The van der Waals surface area contributed by atoms with Crippen LogP contribution in [0.1, 0.15) is 26.2 Å². The lowest BCUT2D eigenvalue weighted by Crippen LogP contribution is -2.49. The van der Waals surface area contributed by atoms with Gasteiger partial charge in [-0.15, -0.1) is 0 Å². The van der Waals surface area contributed by atoms with E-state index < -0.39 is 17.9 Å². The third kappa shape index (κ3) is 4.70. The summed E-state index contributed by atoms with van der Waals surface area (Å²) in [6.45, 7) is 3.00. The molecular formula is C11H20N2O4. The third-order valence-corrected chi connectivity index (χ3v) is 2.60. The van der Waals surface area contributed by atoms with E-state index >= 15 is 0 Å². The van der Waals surface area contributed by atoms with Gasteiger partial charge < -0.3 is 20.5 Å². The molecule has 0 radical (unpaired) electrons.